The summed E-state index contributed by atoms with van der Waals surface area (Å²) in [5, 5.41) is 6.25. The average Bonchev–Trinajstić information content (AvgIpc) is 3.06. The summed E-state index contributed by atoms with van der Waals surface area (Å²) in [6, 6.07) is 22.5. The van der Waals surface area contributed by atoms with Gasteiger partial charge >= 0.3 is 6.03 Å². The molecule has 162 valence electrons. The Morgan fingerprint density at radius 2 is 1.62 bits per heavy atom. The first-order valence-corrected chi connectivity index (χ1v) is 10.7. The van der Waals surface area contributed by atoms with Crippen molar-refractivity contribution in [3.63, 3.8) is 0 Å². The maximum atomic E-state index is 13.3. The molecule has 0 aliphatic carbocycles. The smallest absolute Gasteiger partial charge is 0.322 e. The summed E-state index contributed by atoms with van der Waals surface area (Å²) in [7, 11) is 0. The molecule has 1 saturated heterocycles. The fraction of sp³-hybridized carbons (Fsp3) is 0.160. The van der Waals surface area contributed by atoms with Crippen molar-refractivity contribution in [1.82, 2.24) is 10.2 Å². The second-order valence-electron chi connectivity index (χ2n) is 7.60. The molecule has 32 heavy (non-hydrogen) atoms. The van der Waals surface area contributed by atoms with Gasteiger partial charge in [-0.3, -0.25) is 14.5 Å². The highest BCUT2D eigenvalue weighted by molar-refractivity contribution is 6.30. The highest BCUT2D eigenvalue weighted by Crippen LogP contribution is 2.33. The number of anilines is 1. The Morgan fingerprint density at radius 1 is 0.969 bits per heavy atom. The van der Waals surface area contributed by atoms with Crippen LogP contribution in [0.15, 0.2) is 78.9 Å². The first kappa shape index (κ1) is 21.6. The van der Waals surface area contributed by atoms with Crippen molar-refractivity contribution in [2.75, 3.05) is 5.32 Å². The van der Waals surface area contributed by atoms with Gasteiger partial charge in [0.1, 0.15) is 5.54 Å². The third kappa shape index (κ3) is 4.09. The van der Waals surface area contributed by atoms with E-state index in [1.807, 2.05) is 37.3 Å². The number of imide groups is 1. The van der Waals surface area contributed by atoms with Crippen LogP contribution in [0.25, 0.3) is 0 Å². The zero-order valence-corrected chi connectivity index (χ0v) is 18.2. The summed E-state index contributed by atoms with van der Waals surface area (Å²) < 4.78 is 0. The van der Waals surface area contributed by atoms with Gasteiger partial charge in [-0.25, -0.2) is 4.79 Å². The van der Waals surface area contributed by atoms with Gasteiger partial charge in [0.15, 0.2) is 0 Å². The van der Waals surface area contributed by atoms with Crippen molar-refractivity contribution in [3.05, 3.63) is 101 Å². The quantitative estimate of drug-likeness (QED) is 0.525. The van der Waals surface area contributed by atoms with Gasteiger partial charge in [0.25, 0.3) is 11.8 Å². The summed E-state index contributed by atoms with van der Waals surface area (Å²) in [6.45, 7) is 1.97. The molecule has 0 saturated carbocycles. The molecule has 0 spiro atoms. The number of rotatable bonds is 6. The summed E-state index contributed by atoms with van der Waals surface area (Å²) in [4.78, 5) is 39.6. The molecule has 6 nitrogen and oxygen atoms in total. The van der Waals surface area contributed by atoms with Crippen LogP contribution in [0.4, 0.5) is 10.5 Å². The third-order valence-electron chi connectivity index (χ3n) is 5.63. The molecular formula is C25H22ClN3O3. The highest BCUT2D eigenvalue weighted by atomic mass is 35.5. The Hall–Kier alpha value is -3.64. The Bertz CT molecular complexity index is 1150. The fourth-order valence-electron chi connectivity index (χ4n) is 3.81. The van der Waals surface area contributed by atoms with Crippen LogP contribution in [-0.2, 0) is 16.9 Å². The molecule has 2 N–H and O–H groups in total. The molecule has 0 aromatic heterocycles. The van der Waals surface area contributed by atoms with Gasteiger partial charge < -0.3 is 10.6 Å². The van der Waals surface area contributed by atoms with E-state index in [9.17, 15) is 14.4 Å². The minimum Gasteiger partial charge on any atom is -0.322 e. The lowest BCUT2D eigenvalue weighted by Crippen LogP contribution is -2.43. The van der Waals surface area contributed by atoms with Crippen molar-refractivity contribution in [2.45, 2.75) is 25.4 Å². The van der Waals surface area contributed by atoms with Gasteiger partial charge in [-0.15, -0.1) is 0 Å². The normalized spacial score (nSPS) is 17.9. The van der Waals surface area contributed by atoms with E-state index in [0.717, 1.165) is 5.56 Å². The maximum absolute atomic E-state index is 13.3. The lowest BCUT2D eigenvalue weighted by Gasteiger charge is -2.26. The third-order valence-corrected chi connectivity index (χ3v) is 5.88. The highest BCUT2D eigenvalue weighted by Gasteiger charge is 2.51. The number of urea groups is 1. The minimum atomic E-state index is -1.11. The number of carbonyl (C=O) groups excluding carboxylic acids is 3. The number of benzene rings is 3. The summed E-state index contributed by atoms with van der Waals surface area (Å²) in [6.07, 6.45) is 0.411. The molecule has 1 aliphatic heterocycles. The number of nitrogens with one attached hydrogen (secondary N) is 2. The Labute approximate surface area is 191 Å². The first-order valence-electron chi connectivity index (χ1n) is 10.3. The van der Waals surface area contributed by atoms with Gasteiger partial charge in [0, 0.05) is 16.3 Å². The number of amides is 4. The van der Waals surface area contributed by atoms with Crippen molar-refractivity contribution >= 4 is 35.1 Å². The van der Waals surface area contributed by atoms with E-state index in [2.05, 4.69) is 10.6 Å². The first-order chi connectivity index (χ1) is 15.4. The zero-order valence-electron chi connectivity index (χ0n) is 17.5. The molecule has 3 aromatic carbocycles. The minimum absolute atomic E-state index is 0.112. The molecule has 1 aliphatic rings. The predicted molar refractivity (Wildman–Crippen MR) is 123 cm³/mol. The van der Waals surface area contributed by atoms with Crippen LogP contribution in [0.1, 0.15) is 34.8 Å². The van der Waals surface area contributed by atoms with Crippen LogP contribution in [-0.4, -0.2) is 22.7 Å². The van der Waals surface area contributed by atoms with Crippen LogP contribution in [0.5, 0.6) is 0 Å². The molecule has 1 fully saturated rings. The van der Waals surface area contributed by atoms with Crippen LogP contribution in [0, 0.1) is 0 Å². The fourth-order valence-corrected chi connectivity index (χ4v) is 3.94. The number of hydrogen-bond acceptors (Lipinski definition) is 3. The average molecular weight is 448 g/mol. The Kier molecular flexibility index (Phi) is 5.97. The molecule has 0 bridgehead atoms. The number of hydrogen-bond donors (Lipinski definition) is 2. The molecule has 0 radical (unpaired) electrons. The van der Waals surface area contributed by atoms with Crippen molar-refractivity contribution in [3.8, 4) is 0 Å². The summed E-state index contributed by atoms with van der Waals surface area (Å²) >= 11 is 5.98. The van der Waals surface area contributed by atoms with Crippen LogP contribution in [0.2, 0.25) is 5.02 Å². The van der Waals surface area contributed by atoms with E-state index >= 15 is 0 Å². The lowest BCUT2D eigenvalue weighted by molar-refractivity contribution is -0.132. The van der Waals surface area contributed by atoms with Crippen LogP contribution < -0.4 is 10.6 Å². The lowest BCUT2D eigenvalue weighted by atomic mass is 9.87. The van der Waals surface area contributed by atoms with E-state index in [4.69, 9.17) is 11.6 Å². The van der Waals surface area contributed by atoms with Gasteiger partial charge in [0.2, 0.25) is 0 Å². The van der Waals surface area contributed by atoms with Crippen LogP contribution in [0.3, 0.4) is 0 Å². The second kappa shape index (κ2) is 8.85. The molecule has 1 atom stereocenters. The molecule has 4 amide bonds. The summed E-state index contributed by atoms with van der Waals surface area (Å²) in [5.74, 6) is -0.538. The van der Waals surface area contributed by atoms with E-state index in [1.54, 1.807) is 48.5 Å². The van der Waals surface area contributed by atoms with Gasteiger partial charge in [0.05, 0.1) is 6.54 Å². The van der Waals surface area contributed by atoms with E-state index < -0.39 is 11.6 Å². The molecule has 4 rings (SSSR count). The number of nitrogens with zero attached hydrogens (tertiary/aromatic N) is 1. The van der Waals surface area contributed by atoms with Crippen molar-refractivity contribution in [1.29, 1.82) is 0 Å². The molecule has 1 unspecified atom stereocenters. The number of para-hydroxylation sites is 1. The zero-order chi connectivity index (χ0) is 22.7. The monoisotopic (exact) mass is 447 g/mol. The van der Waals surface area contributed by atoms with E-state index in [1.165, 1.54) is 4.90 Å². The number of halogens is 1. The maximum Gasteiger partial charge on any atom is 0.325 e. The molecule has 3 aromatic rings. The standard InChI is InChI=1S/C25H22ClN3O3/c1-2-25(19-12-14-20(26)15-13-19)23(31)29(24(32)28-25)16-17-8-10-18(11-9-17)22(30)27-21-6-4-3-5-7-21/h3-15H,2,16H2,1H3,(H,27,30)(H,28,32). The predicted octanol–water partition coefficient (Wildman–Crippen LogP) is 4.95. The molecule has 1 heterocycles. The van der Waals surface area contributed by atoms with Crippen molar-refractivity contribution in [2.24, 2.45) is 0 Å². The van der Waals surface area contributed by atoms with Gasteiger partial charge in [-0.1, -0.05) is 61.0 Å². The van der Waals surface area contributed by atoms with Crippen LogP contribution >= 0.6 is 11.6 Å². The Morgan fingerprint density at radius 3 is 2.25 bits per heavy atom. The van der Waals surface area contributed by atoms with E-state index in [-0.39, 0.29) is 18.4 Å². The van der Waals surface area contributed by atoms with Gasteiger partial charge in [-0.2, -0.15) is 0 Å². The second-order valence-corrected chi connectivity index (χ2v) is 8.04. The molecular weight excluding hydrogens is 426 g/mol. The van der Waals surface area contributed by atoms with Gasteiger partial charge in [-0.05, 0) is 53.9 Å². The van der Waals surface area contributed by atoms with E-state index in [0.29, 0.717) is 28.3 Å². The number of carbonyl (C=O) groups is 3. The topological polar surface area (TPSA) is 78.5 Å². The summed E-state index contributed by atoms with van der Waals surface area (Å²) in [5.41, 5.74) is 1.51. The van der Waals surface area contributed by atoms with Crippen molar-refractivity contribution < 1.29 is 14.4 Å². The largest absolute Gasteiger partial charge is 0.325 e. The Balaban J connectivity index is 1.49. The SMILES string of the molecule is CCC1(c2ccc(Cl)cc2)NC(=O)N(Cc2ccc(C(=O)Nc3ccccc3)cc2)C1=O. The molecule has 7 heteroatoms.